The Labute approximate surface area is 116 Å². The quantitative estimate of drug-likeness (QED) is 0.904. The first-order valence-electron chi connectivity index (χ1n) is 6.41. The van der Waals surface area contributed by atoms with Crippen LogP contribution in [-0.4, -0.2) is 48.2 Å². The number of carbonyl (C=O) groups is 1. The molecular weight excluding hydrogens is 266 g/mol. The lowest BCUT2D eigenvalue weighted by atomic mass is 9.99. The van der Waals surface area contributed by atoms with Crippen molar-refractivity contribution in [3.05, 3.63) is 29.3 Å². The normalized spacial score (nSPS) is 19.1. The number of rotatable bonds is 2. The molecule has 1 aromatic rings. The number of hydrogen-bond donors (Lipinski definition) is 1. The lowest BCUT2D eigenvalue weighted by Gasteiger charge is -2.46. The third-order valence-corrected chi connectivity index (χ3v) is 3.95. The first kappa shape index (κ1) is 14.7. The summed E-state index contributed by atoms with van der Waals surface area (Å²) in [5.41, 5.74) is -0.680. The summed E-state index contributed by atoms with van der Waals surface area (Å²) < 4.78 is 27.8. The van der Waals surface area contributed by atoms with Crippen molar-refractivity contribution >= 4 is 11.7 Å². The molecule has 0 aromatic heterocycles. The van der Waals surface area contributed by atoms with Crippen molar-refractivity contribution in [3.8, 4) is 0 Å². The first-order chi connectivity index (χ1) is 9.24. The van der Waals surface area contributed by atoms with E-state index in [0.717, 1.165) is 12.6 Å². The summed E-state index contributed by atoms with van der Waals surface area (Å²) in [4.78, 5) is 14.7. The van der Waals surface area contributed by atoms with E-state index in [1.165, 1.54) is 6.07 Å². The lowest BCUT2D eigenvalue weighted by molar-refractivity contribution is 0.0690. The van der Waals surface area contributed by atoms with Gasteiger partial charge < -0.3 is 10.0 Å². The molecule has 0 atom stereocenters. The number of carboxylic acids is 1. The summed E-state index contributed by atoms with van der Waals surface area (Å²) in [7, 11) is 1.99. The number of halogens is 2. The van der Waals surface area contributed by atoms with E-state index < -0.39 is 23.2 Å². The van der Waals surface area contributed by atoms with Gasteiger partial charge in [-0.3, -0.25) is 4.90 Å². The van der Waals surface area contributed by atoms with Crippen LogP contribution in [0.3, 0.4) is 0 Å². The van der Waals surface area contributed by atoms with Crippen LogP contribution in [0.2, 0.25) is 0 Å². The molecule has 0 spiro atoms. The standard InChI is InChI=1S/C14H18F2N2O2/c1-14(2)8-18(7-6-17(14)3)10-5-4-9(13(19)20)11(15)12(10)16/h4-5H,6-8H2,1-3H3,(H,19,20). The molecule has 1 saturated heterocycles. The fraction of sp³-hybridized carbons (Fsp3) is 0.500. The largest absolute Gasteiger partial charge is 0.478 e. The SMILES string of the molecule is CN1CCN(c2ccc(C(=O)O)c(F)c2F)CC1(C)C. The maximum absolute atomic E-state index is 14.1. The summed E-state index contributed by atoms with van der Waals surface area (Å²) in [6.45, 7) is 5.90. The van der Waals surface area contributed by atoms with Crippen molar-refractivity contribution in [1.82, 2.24) is 4.90 Å². The number of anilines is 1. The minimum Gasteiger partial charge on any atom is -0.478 e. The van der Waals surface area contributed by atoms with Gasteiger partial charge in [-0.15, -0.1) is 0 Å². The summed E-state index contributed by atoms with van der Waals surface area (Å²) >= 11 is 0. The predicted molar refractivity (Wildman–Crippen MR) is 72.2 cm³/mol. The Kier molecular flexibility index (Phi) is 3.69. The zero-order valence-corrected chi connectivity index (χ0v) is 11.8. The van der Waals surface area contributed by atoms with Gasteiger partial charge in [0.2, 0.25) is 0 Å². The summed E-state index contributed by atoms with van der Waals surface area (Å²) in [5.74, 6) is -3.86. The van der Waals surface area contributed by atoms with Gasteiger partial charge in [-0.05, 0) is 33.0 Å². The minimum absolute atomic E-state index is 0.119. The molecule has 20 heavy (non-hydrogen) atoms. The van der Waals surface area contributed by atoms with Crippen molar-refractivity contribution in [1.29, 1.82) is 0 Å². The first-order valence-corrected chi connectivity index (χ1v) is 6.41. The third-order valence-electron chi connectivity index (χ3n) is 3.95. The molecule has 0 radical (unpaired) electrons. The molecule has 0 saturated carbocycles. The summed E-state index contributed by atoms with van der Waals surface area (Å²) in [6, 6.07) is 2.45. The highest BCUT2D eigenvalue weighted by molar-refractivity contribution is 5.88. The second-order valence-electron chi connectivity index (χ2n) is 5.72. The highest BCUT2D eigenvalue weighted by Gasteiger charge is 2.33. The van der Waals surface area contributed by atoms with E-state index in [1.54, 1.807) is 4.90 Å². The monoisotopic (exact) mass is 284 g/mol. The Balaban J connectivity index is 2.35. The third kappa shape index (κ3) is 2.47. The molecule has 6 heteroatoms. The van der Waals surface area contributed by atoms with Gasteiger partial charge in [0.1, 0.15) is 0 Å². The number of likely N-dealkylation sites (N-methyl/N-ethyl adjacent to an activating group) is 1. The van der Waals surface area contributed by atoms with Crippen LogP contribution in [0.15, 0.2) is 12.1 Å². The average molecular weight is 284 g/mol. The summed E-state index contributed by atoms with van der Waals surface area (Å²) in [5, 5.41) is 8.78. The van der Waals surface area contributed by atoms with Crippen LogP contribution < -0.4 is 4.90 Å². The van der Waals surface area contributed by atoms with E-state index in [2.05, 4.69) is 4.90 Å². The van der Waals surface area contributed by atoms with Crippen LogP contribution in [0.1, 0.15) is 24.2 Å². The molecule has 1 aromatic carbocycles. The topological polar surface area (TPSA) is 43.8 Å². The highest BCUT2D eigenvalue weighted by Crippen LogP contribution is 2.29. The Bertz CT molecular complexity index is 546. The predicted octanol–water partition coefficient (Wildman–Crippen LogP) is 2.19. The van der Waals surface area contributed by atoms with Crippen LogP contribution in [0.4, 0.5) is 14.5 Å². The van der Waals surface area contributed by atoms with Gasteiger partial charge in [0.25, 0.3) is 0 Å². The molecule has 1 fully saturated rings. The zero-order chi connectivity index (χ0) is 15.1. The molecule has 0 unspecified atom stereocenters. The van der Waals surface area contributed by atoms with E-state index in [9.17, 15) is 13.6 Å². The Morgan fingerprint density at radius 1 is 1.25 bits per heavy atom. The van der Waals surface area contributed by atoms with Crippen LogP contribution in [0.25, 0.3) is 0 Å². The fourth-order valence-electron chi connectivity index (χ4n) is 2.39. The molecule has 1 N–H and O–H groups in total. The molecule has 1 aliphatic heterocycles. The second kappa shape index (κ2) is 5.01. The molecule has 0 aliphatic carbocycles. The molecule has 0 bridgehead atoms. The number of nitrogens with zero attached hydrogens (tertiary/aromatic N) is 2. The van der Waals surface area contributed by atoms with Crippen LogP contribution in [-0.2, 0) is 0 Å². The molecule has 2 rings (SSSR count). The van der Waals surface area contributed by atoms with E-state index in [1.807, 2.05) is 20.9 Å². The number of carboxylic acid groups (broad SMARTS) is 1. The fourth-order valence-corrected chi connectivity index (χ4v) is 2.39. The van der Waals surface area contributed by atoms with Gasteiger partial charge in [0.05, 0.1) is 11.3 Å². The van der Waals surface area contributed by atoms with Gasteiger partial charge >= 0.3 is 5.97 Å². The van der Waals surface area contributed by atoms with Gasteiger partial charge in [-0.2, -0.15) is 0 Å². The Morgan fingerprint density at radius 3 is 2.45 bits per heavy atom. The van der Waals surface area contributed by atoms with E-state index in [4.69, 9.17) is 5.11 Å². The molecule has 1 heterocycles. The van der Waals surface area contributed by atoms with Gasteiger partial charge in [-0.25, -0.2) is 13.6 Å². The van der Waals surface area contributed by atoms with Crippen molar-refractivity contribution in [2.45, 2.75) is 19.4 Å². The van der Waals surface area contributed by atoms with Crippen LogP contribution in [0, 0.1) is 11.6 Å². The molecular formula is C14H18F2N2O2. The van der Waals surface area contributed by atoms with E-state index in [-0.39, 0.29) is 11.2 Å². The maximum Gasteiger partial charge on any atom is 0.338 e. The van der Waals surface area contributed by atoms with Crippen molar-refractivity contribution < 1.29 is 18.7 Å². The minimum atomic E-state index is -1.47. The maximum atomic E-state index is 14.1. The zero-order valence-electron chi connectivity index (χ0n) is 11.8. The highest BCUT2D eigenvalue weighted by atomic mass is 19.2. The lowest BCUT2D eigenvalue weighted by Crippen LogP contribution is -2.57. The summed E-state index contributed by atoms with van der Waals surface area (Å²) in [6.07, 6.45) is 0. The molecule has 110 valence electrons. The Morgan fingerprint density at radius 2 is 1.90 bits per heavy atom. The molecule has 1 aliphatic rings. The van der Waals surface area contributed by atoms with Gasteiger partial charge in [0, 0.05) is 25.2 Å². The molecule has 0 amide bonds. The number of piperazine rings is 1. The number of benzene rings is 1. The van der Waals surface area contributed by atoms with Crippen LogP contribution in [0.5, 0.6) is 0 Å². The average Bonchev–Trinajstić information content (AvgIpc) is 2.35. The Hall–Kier alpha value is -1.69. The smallest absolute Gasteiger partial charge is 0.338 e. The number of aromatic carboxylic acids is 1. The van der Waals surface area contributed by atoms with Gasteiger partial charge in [-0.1, -0.05) is 0 Å². The van der Waals surface area contributed by atoms with E-state index in [0.29, 0.717) is 13.1 Å². The van der Waals surface area contributed by atoms with Crippen molar-refractivity contribution in [2.75, 3.05) is 31.6 Å². The van der Waals surface area contributed by atoms with Crippen LogP contribution >= 0.6 is 0 Å². The van der Waals surface area contributed by atoms with Gasteiger partial charge in [0.15, 0.2) is 11.6 Å². The van der Waals surface area contributed by atoms with Crippen molar-refractivity contribution in [2.24, 2.45) is 0 Å². The second-order valence-corrected chi connectivity index (χ2v) is 5.72. The molecule has 4 nitrogen and oxygen atoms in total. The number of hydrogen-bond acceptors (Lipinski definition) is 3. The van der Waals surface area contributed by atoms with E-state index >= 15 is 0 Å². The van der Waals surface area contributed by atoms with Crippen molar-refractivity contribution in [3.63, 3.8) is 0 Å².